The van der Waals surface area contributed by atoms with E-state index in [0.717, 1.165) is 5.56 Å². The van der Waals surface area contributed by atoms with Crippen LogP contribution in [0.2, 0.25) is 5.02 Å². The Bertz CT molecular complexity index is 840. The molecule has 1 heterocycles. The van der Waals surface area contributed by atoms with Crippen molar-refractivity contribution in [1.82, 2.24) is 5.32 Å². The fourth-order valence-corrected chi connectivity index (χ4v) is 3.11. The third kappa shape index (κ3) is 4.25. The number of benzene rings is 2. The van der Waals surface area contributed by atoms with Gasteiger partial charge in [0.1, 0.15) is 18.4 Å². The molecule has 0 saturated heterocycles. The second kappa shape index (κ2) is 8.44. The van der Waals surface area contributed by atoms with Gasteiger partial charge in [-0.2, -0.15) is 0 Å². The fraction of sp³-hybridized carbons (Fsp3) is 0.333. The minimum absolute atomic E-state index is 0.0943. The Labute approximate surface area is 164 Å². The van der Waals surface area contributed by atoms with Crippen LogP contribution >= 0.6 is 11.6 Å². The quantitative estimate of drug-likeness (QED) is 0.850. The van der Waals surface area contributed by atoms with Crippen molar-refractivity contribution in [2.24, 2.45) is 5.92 Å². The lowest BCUT2D eigenvalue weighted by Crippen LogP contribution is -2.51. The lowest BCUT2D eigenvalue weighted by Gasteiger charge is -2.26. The molecule has 1 N–H and O–H groups in total. The van der Waals surface area contributed by atoms with Crippen LogP contribution in [0.3, 0.4) is 0 Å². The molecule has 6 heteroatoms. The smallest absolute Gasteiger partial charge is 0.253 e. The summed E-state index contributed by atoms with van der Waals surface area (Å²) >= 11 is 6.30. The highest BCUT2D eigenvalue weighted by Crippen LogP contribution is 2.33. The summed E-state index contributed by atoms with van der Waals surface area (Å²) in [5, 5.41) is 3.43. The predicted octanol–water partition coefficient (Wildman–Crippen LogP) is 3.80. The van der Waals surface area contributed by atoms with Gasteiger partial charge < -0.3 is 15.0 Å². The van der Waals surface area contributed by atoms with Crippen molar-refractivity contribution in [1.29, 1.82) is 0 Å². The van der Waals surface area contributed by atoms with Crippen molar-refractivity contribution in [3.63, 3.8) is 0 Å². The lowest BCUT2D eigenvalue weighted by molar-refractivity contribution is -0.130. The summed E-state index contributed by atoms with van der Waals surface area (Å²) in [6.07, 6.45) is 0.706. The first kappa shape index (κ1) is 19.2. The monoisotopic (exact) mass is 386 g/mol. The van der Waals surface area contributed by atoms with Gasteiger partial charge in [0.2, 0.25) is 5.91 Å². The van der Waals surface area contributed by atoms with Crippen LogP contribution in [0, 0.1) is 5.92 Å². The number of hydrogen-bond acceptors (Lipinski definition) is 3. The number of rotatable bonds is 5. The number of para-hydroxylation sites is 2. The highest BCUT2D eigenvalue weighted by molar-refractivity contribution is 6.31. The third-order valence-electron chi connectivity index (χ3n) is 4.79. The van der Waals surface area contributed by atoms with Gasteiger partial charge in [-0.05, 0) is 30.2 Å². The molecule has 0 spiro atoms. The number of carbonyl (C=O) groups is 2. The Morgan fingerprint density at radius 2 is 1.96 bits per heavy atom. The molecule has 5 nitrogen and oxygen atoms in total. The van der Waals surface area contributed by atoms with Crippen LogP contribution in [-0.2, 0) is 16.1 Å². The molecule has 2 atom stereocenters. The van der Waals surface area contributed by atoms with Gasteiger partial charge in [0.15, 0.2) is 0 Å². The molecular weight excluding hydrogens is 364 g/mol. The van der Waals surface area contributed by atoms with Crippen molar-refractivity contribution < 1.29 is 14.3 Å². The zero-order valence-electron chi connectivity index (χ0n) is 15.4. The summed E-state index contributed by atoms with van der Waals surface area (Å²) in [6, 6.07) is 14.0. The standard InChI is InChI=1S/C21H23ClN2O3/c1-3-14(2)20(25)23-17-13-27-19-11-7-6-10-18(19)24(21(17)26)12-15-8-4-5-9-16(15)22/h4-11,14,17H,3,12-13H2,1-2H3,(H,23,25)/t14-,17+/m1/s1. The third-order valence-corrected chi connectivity index (χ3v) is 5.16. The molecule has 0 radical (unpaired) electrons. The van der Waals surface area contributed by atoms with Crippen molar-refractivity contribution in [3.8, 4) is 5.75 Å². The Balaban J connectivity index is 1.92. The lowest BCUT2D eigenvalue weighted by atomic mass is 10.1. The molecule has 1 aliphatic heterocycles. The molecular formula is C21H23ClN2O3. The van der Waals surface area contributed by atoms with Crippen molar-refractivity contribution in [3.05, 3.63) is 59.1 Å². The van der Waals surface area contributed by atoms with Gasteiger partial charge in [-0.15, -0.1) is 0 Å². The van der Waals surface area contributed by atoms with E-state index in [1.807, 2.05) is 56.3 Å². The number of carbonyl (C=O) groups excluding carboxylic acids is 2. The summed E-state index contributed by atoms with van der Waals surface area (Å²) in [6.45, 7) is 4.18. The number of anilines is 1. The molecule has 0 unspecified atom stereocenters. The van der Waals surface area contributed by atoms with Gasteiger partial charge in [0.05, 0.1) is 12.2 Å². The van der Waals surface area contributed by atoms with E-state index in [-0.39, 0.29) is 24.3 Å². The maximum Gasteiger partial charge on any atom is 0.253 e. The first-order valence-electron chi connectivity index (χ1n) is 9.08. The van der Waals surface area contributed by atoms with Crippen LogP contribution in [0.15, 0.2) is 48.5 Å². The first-order chi connectivity index (χ1) is 13.0. The van der Waals surface area contributed by atoms with Gasteiger partial charge in [-0.1, -0.05) is 55.8 Å². The van der Waals surface area contributed by atoms with Gasteiger partial charge in [0, 0.05) is 10.9 Å². The highest BCUT2D eigenvalue weighted by atomic mass is 35.5. The minimum atomic E-state index is -0.749. The van der Waals surface area contributed by atoms with Gasteiger partial charge in [-0.25, -0.2) is 0 Å². The molecule has 142 valence electrons. The fourth-order valence-electron chi connectivity index (χ4n) is 2.92. The average Bonchev–Trinajstić information content (AvgIpc) is 2.81. The van der Waals surface area contributed by atoms with E-state index in [1.54, 1.807) is 11.0 Å². The molecule has 2 aromatic carbocycles. The average molecular weight is 387 g/mol. The van der Waals surface area contributed by atoms with Gasteiger partial charge in [-0.3, -0.25) is 9.59 Å². The topological polar surface area (TPSA) is 58.6 Å². The number of ether oxygens (including phenoxy) is 1. The van der Waals surface area contributed by atoms with Crippen LogP contribution in [0.25, 0.3) is 0 Å². The maximum absolute atomic E-state index is 13.3. The van der Waals surface area contributed by atoms with Crippen LogP contribution in [0.4, 0.5) is 5.69 Å². The van der Waals surface area contributed by atoms with E-state index in [0.29, 0.717) is 29.4 Å². The number of nitrogens with zero attached hydrogens (tertiary/aromatic N) is 1. The van der Waals surface area contributed by atoms with Crippen LogP contribution in [0.5, 0.6) is 5.75 Å². The summed E-state index contributed by atoms with van der Waals surface area (Å²) in [4.78, 5) is 27.2. The molecule has 27 heavy (non-hydrogen) atoms. The first-order valence-corrected chi connectivity index (χ1v) is 9.46. The van der Waals surface area contributed by atoms with E-state index < -0.39 is 6.04 Å². The van der Waals surface area contributed by atoms with E-state index in [4.69, 9.17) is 16.3 Å². The maximum atomic E-state index is 13.3. The second-order valence-electron chi connectivity index (χ2n) is 6.66. The molecule has 3 rings (SSSR count). The molecule has 0 saturated carbocycles. The molecule has 1 aliphatic rings. The second-order valence-corrected chi connectivity index (χ2v) is 7.07. The molecule has 0 bridgehead atoms. The summed E-state index contributed by atoms with van der Waals surface area (Å²) < 4.78 is 5.83. The molecule has 0 aliphatic carbocycles. The summed E-state index contributed by atoms with van der Waals surface area (Å²) in [7, 11) is 0. The van der Waals surface area contributed by atoms with Crippen molar-refractivity contribution >= 4 is 29.1 Å². The number of nitrogens with one attached hydrogen (secondary N) is 1. The van der Waals surface area contributed by atoms with Gasteiger partial charge in [0.25, 0.3) is 5.91 Å². The largest absolute Gasteiger partial charge is 0.489 e. The van der Waals surface area contributed by atoms with Crippen molar-refractivity contribution in [2.45, 2.75) is 32.9 Å². The molecule has 2 aromatic rings. The Kier molecular flexibility index (Phi) is 6.01. The van der Waals surface area contributed by atoms with E-state index >= 15 is 0 Å². The normalized spacial score (nSPS) is 17.5. The molecule has 0 fully saturated rings. The SMILES string of the molecule is CC[C@@H](C)C(=O)N[C@H]1COc2ccccc2N(Cc2ccccc2Cl)C1=O. The zero-order valence-corrected chi connectivity index (χ0v) is 16.2. The minimum Gasteiger partial charge on any atom is -0.489 e. The Morgan fingerprint density at radius 3 is 2.70 bits per heavy atom. The predicted molar refractivity (Wildman–Crippen MR) is 106 cm³/mol. The van der Waals surface area contributed by atoms with Crippen LogP contribution in [-0.4, -0.2) is 24.5 Å². The highest BCUT2D eigenvalue weighted by Gasteiger charge is 2.33. The van der Waals surface area contributed by atoms with Crippen LogP contribution in [0.1, 0.15) is 25.8 Å². The number of hydrogen-bond donors (Lipinski definition) is 1. The Hall–Kier alpha value is -2.53. The van der Waals surface area contributed by atoms with Crippen molar-refractivity contribution in [2.75, 3.05) is 11.5 Å². The summed E-state index contributed by atoms with van der Waals surface area (Å²) in [5.41, 5.74) is 1.50. The number of amides is 2. The Morgan fingerprint density at radius 1 is 1.26 bits per heavy atom. The zero-order chi connectivity index (χ0) is 19.4. The van der Waals surface area contributed by atoms with E-state index in [9.17, 15) is 9.59 Å². The number of fused-ring (bicyclic) bond motifs is 1. The van der Waals surface area contributed by atoms with Gasteiger partial charge >= 0.3 is 0 Å². The number of halogens is 1. The summed E-state index contributed by atoms with van der Waals surface area (Å²) in [5.74, 6) is 0.0817. The van der Waals surface area contributed by atoms with Crippen LogP contribution < -0.4 is 15.0 Å². The van der Waals surface area contributed by atoms with E-state index in [2.05, 4.69) is 5.32 Å². The van der Waals surface area contributed by atoms with E-state index in [1.165, 1.54) is 0 Å². The molecule has 0 aromatic heterocycles. The molecule has 2 amide bonds.